The molecule has 0 amide bonds. The SMILES string of the molecule is CCNC1=N[C@@H]2[C@@H](O)[C@H](O)[C@@H](Cn3cc(Cn4c5ccccc5c5ccccc54)nn3)O[C@@H]2S1. The van der Waals surface area contributed by atoms with Crippen LogP contribution in [0.1, 0.15) is 12.6 Å². The highest BCUT2D eigenvalue weighted by atomic mass is 32.2. The number of aliphatic imine (C=N–C) groups is 1. The lowest BCUT2D eigenvalue weighted by atomic mass is 9.98. The molecular weight excluding hydrogens is 452 g/mol. The van der Waals surface area contributed by atoms with Gasteiger partial charge in [0.2, 0.25) is 0 Å². The zero-order valence-electron chi connectivity index (χ0n) is 18.7. The first-order chi connectivity index (χ1) is 16.6. The van der Waals surface area contributed by atoms with Crippen molar-refractivity contribution in [1.82, 2.24) is 24.9 Å². The highest BCUT2D eigenvalue weighted by Gasteiger charge is 2.48. The van der Waals surface area contributed by atoms with Gasteiger partial charge in [-0.2, -0.15) is 0 Å². The molecule has 0 saturated carbocycles. The van der Waals surface area contributed by atoms with Crippen LogP contribution < -0.4 is 5.32 Å². The van der Waals surface area contributed by atoms with Gasteiger partial charge in [-0.1, -0.05) is 53.4 Å². The van der Waals surface area contributed by atoms with E-state index in [0.717, 1.165) is 28.4 Å². The largest absolute Gasteiger partial charge is 0.388 e. The van der Waals surface area contributed by atoms with Crippen LogP contribution in [-0.4, -0.2) is 71.3 Å². The minimum absolute atomic E-state index is 0.290. The summed E-state index contributed by atoms with van der Waals surface area (Å²) in [6.07, 6.45) is -0.784. The summed E-state index contributed by atoms with van der Waals surface area (Å²) in [7, 11) is 0. The van der Waals surface area contributed by atoms with Crippen LogP contribution in [0.25, 0.3) is 21.8 Å². The van der Waals surface area contributed by atoms with Crippen LogP contribution in [0.3, 0.4) is 0 Å². The molecule has 0 bridgehead atoms. The molecule has 0 spiro atoms. The quantitative estimate of drug-likeness (QED) is 0.402. The average Bonchev–Trinajstić information content (AvgIpc) is 3.55. The van der Waals surface area contributed by atoms with Crippen molar-refractivity contribution < 1.29 is 14.9 Å². The number of nitrogens with one attached hydrogen (secondary N) is 1. The standard InChI is InChI=1S/C24H26N6O3S/c1-2-25-24-26-20-22(32)21(31)19(33-23(20)34-24)13-29-11-14(27-28-29)12-30-17-9-5-3-7-15(17)16-8-4-6-10-18(16)30/h3-11,19-23,31-32H,2,12-13H2,1H3,(H,25,26)/t19-,20-,21-,22-,23-/m1/s1. The molecule has 10 heteroatoms. The van der Waals surface area contributed by atoms with Crippen molar-refractivity contribution in [3.8, 4) is 0 Å². The molecule has 34 heavy (non-hydrogen) atoms. The molecule has 5 atom stereocenters. The first-order valence-electron chi connectivity index (χ1n) is 11.5. The minimum atomic E-state index is -1.06. The van der Waals surface area contributed by atoms with Gasteiger partial charge in [-0.05, 0) is 19.1 Å². The fraction of sp³-hybridized carbons (Fsp3) is 0.375. The smallest absolute Gasteiger partial charge is 0.159 e. The third kappa shape index (κ3) is 3.67. The predicted octanol–water partition coefficient (Wildman–Crippen LogP) is 1.96. The number of hydrogen-bond acceptors (Lipinski definition) is 8. The highest BCUT2D eigenvalue weighted by Crippen LogP contribution is 2.36. The van der Waals surface area contributed by atoms with Gasteiger partial charge in [0, 0.05) is 28.4 Å². The Kier molecular flexibility index (Phi) is 5.53. The Balaban J connectivity index is 1.21. The third-order valence-corrected chi connectivity index (χ3v) is 7.54. The van der Waals surface area contributed by atoms with Crippen molar-refractivity contribution in [2.24, 2.45) is 4.99 Å². The first kappa shape index (κ1) is 21.6. The van der Waals surface area contributed by atoms with Gasteiger partial charge in [0.1, 0.15) is 35.5 Å². The number of aliphatic hydroxyl groups excluding tert-OH is 2. The Labute approximate surface area is 200 Å². The summed E-state index contributed by atoms with van der Waals surface area (Å²) in [5.74, 6) is 0. The summed E-state index contributed by atoms with van der Waals surface area (Å²) in [6.45, 7) is 3.59. The van der Waals surface area contributed by atoms with Gasteiger partial charge in [-0.3, -0.25) is 4.99 Å². The molecule has 1 saturated heterocycles. The first-order valence-corrected chi connectivity index (χ1v) is 12.3. The lowest BCUT2D eigenvalue weighted by Gasteiger charge is -2.38. The van der Waals surface area contributed by atoms with E-state index in [1.165, 1.54) is 22.5 Å². The maximum absolute atomic E-state index is 10.7. The molecule has 4 aromatic rings. The monoisotopic (exact) mass is 478 g/mol. The van der Waals surface area contributed by atoms with Crippen molar-refractivity contribution in [2.75, 3.05) is 6.54 Å². The number of aliphatic hydroxyl groups is 2. The fourth-order valence-electron chi connectivity index (χ4n) is 4.84. The lowest BCUT2D eigenvalue weighted by molar-refractivity contribution is -0.157. The van der Waals surface area contributed by atoms with E-state index < -0.39 is 24.4 Å². The highest BCUT2D eigenvalue weighted by molar-refractivity contribution is 8.14. The molecule has 176 valence electrons. The van der Waals surface area contributed by atoms with Crippen LogP contribution in [0, 0.1) is 0 Å². The molecule has 2 aliphatic heterocycles. The molecule has 3 N–H and O–H groups in total. The molecule has 2 aliphatic rings. The van der Waals surface area contributed by atoms with Gasteiger partial charge in [-0.15, -0.1) is 5.10 Å². The van der Waals surface area contributed by atoms with E-state index in [1.807, 2.05) is 25.3 Å². The van der Waals surface area contributed by atoms with Crippen molar-refractivity contribution in [2.45, 2.75) is 49.8 Å². The van der Waals surface area contributed by atoms with Crippen molar-refractivity contribution >= 4 is 38.7 Å². The molecule has 0 unspecified atom stereocenters. The van der Waals surface area contributed by atoms with Crippen LogP contribution in [0.15, 0.2) is 59.7 Å². The molecule has 0 aliphatic carbocycles. The zero-order chi connectivity index (χ0) is 23.2. The Morgan fingerprint density at radius 2 is 1.74 bits per heavy atom. The lowest BCUT2D eigenvalue weighted by Crippen LogP contribution is -2.55. The number of para-hydroxylation sites is 2. The van der Waals surface area contributed by atoms with Crippen molar-refractivity contribution in [3.63, 3.8) is 0 Å². The molecule has 6 rings (SSSR count). The number of fused-ring (bicyclic) bond motifs is 4. The number of rotatable bonds is 5. The number of thioether (sulfide) groups is 1. The van der Waals surface area contributed by atoms with E-state index in [1.54, 1.807) is 4.68 Å². The third-order valence-electron chi connectivity index (χ3n) is 6.44. The minimum Gasteiger partial charge on any atom is -0.388 e. The Hall–Kier alpha value is -2.92. The second-order valence-electron chi connectivity index (χ2n) is 8.65. The molecule has 4 heterocycles. The fourth-order valence-corrected chi connectivity index (χ4v) is 6.03. The summed E-state index contributed by atoms with van der Waals surface area (Å²) in [4.78, 5) is 4.46. The summed E-state index contributed by atoms with van der Waals surface area (Å²) in [5, 5.41) is 36.3. The van der Waals surface area contributed by atoms with Crippen LogP contribution in [0.4, 0.5) is 0 Å². The van der Waals surface area contributed by atoms with Gasteiger partial charge < -0.3 is 24.8 Å². The van der Waals surface area contributed by atoms with E-state index in [9.17, 15) is 10.2 Å². The average molecular weight is 479 g/mol. The van der Waals surface area contributed by atoms with E-state index >= 15 is 0 Å². The van der Waals surface area contributed by atoms with Crippen molar-refractivity contribution in [3.05, 3.63) is 60.4 Å². The molecule has 9 nitrogen and oxygen atoms in total. The Bertz CT molecular complexity index is 1310. The normalized spacial score (nSPS) is 26.7. The summed E-state index contributed by atoms with van der Waals surface area (Å²) < 4.78 is 10.0. The van der Waals surface area contributed by atoms with Gasteiger partial charge in [-0.25, -0.2) is 4.68 Å². The predicted molar refractivity (Wildman–Crippen MR) is 132 cm³/mol. The number of ether oxygens (including phenoxy) is 1. The van der Waals surface area contributed by atoms with Gasteiger partial charge >= 0.3 is 0 Å². The number of hydrogen-bond donors (Lipinski definition) is 3. The van der Waals surface area contributed by atoms with Crippen LogP contribution >= 0.6 is 11.8 Å². The van der Waals surface area contributed by atoms with E-state index in [0.29, 0.717) is 13.1 Å². The molecule has 2 aromatic carbocycles. The zero-order valence-corrected chi connectivity index (χ0v) is 19.5. The second kappa shape index (κ2) is 8.70. The van der Waals surface area contributed by atoms with Crippen LogP contribution in [-0.2, 0) is 17.8 Å². The van der Waals surface area contributed by atoms with Crippen molar-refractivity contribution in [1.29, 1.82) is 0 Å². The number of benzene rings is 2. The van der Waals surface area contributed by atoms with Gasteiger partial charge in [0.25, 0.3) is 0 Å². The van der Waals surface area contributed by atoms with Crippen LogP contribution in [0.2, 0.25) is 0 Å². The summed E-state index contributed by atoms with van der Waals surface area (Å²) in [6, 6.07) is 16.2. The second-order valence-corrected chi connectivity index (χ2v) is 9.74. The van der Waals surface area contributed by atoms with Crippen LogP contribution in [0.5, 0.6) is 0 Å². The maximum Gasteiger partial charge on any atom is 0.159 e. The molecule has 2 aromatic heterocycles. The molecule has 1 fully saturated rings. The number of aromatic nitrogens is 4. The van der Waals surface area contributed by atoms with E-state index in [-0.39, 0.29) is 5.44 Å². The van der Waals surface area contributed by atoms with E-state index in [4.69, 9.17) is 4.74 Å². The Morgan fingerprint density at radius 3 is 2.44 bits per heavy atom. The summed E-state index contributed by atoms with van der Waals surface area (Å²) in [5.41, 5.74) is 2.77. The number of amidine groups is 1. The molecular formula is C24H26N6O3S. The number of nitrogens with zero attached hydrogens (tertiary/aromatic N) is 5. The van der Waals surface area contributed by atoms with E-state index in [2.05, 4.69) is 61.6 Å². The topological polar surface area (TPSA) is 110 Å². The maximum atomic E-state index is 10.7. The summed E-state index contributed by atoms with van der Waals surface area (Å²) >= 11 is 1.45. The van der Waals surface area contributed by atoms with Gasteiger partial charge in [0.05, 0.1) is 19.3 Å². The van der Waals surface area contributed by atoms with Gasteiger partial charge in [0.15, 0.2) is 5.17 Å². The Morgan fingerprint density at radius 1 is 1.03 bits per heavy atom. The molecule has 0 radical (unpaired) electrons.